The third-order valence-electron chi connectivity index (χ3n) is 2.45. The molecule has 1 aromatic carbocycles. The summed E-state index contributed by atoms with van der Waals surface area (Å²) in [6.45, 7) is 0.937. The van der Waals surface area contributed by atoms with Crippen LogP contribution in [0.5, 0.6) is 0 Å². The quantitative estimate of drug-likeness (QED) is 0.886. The molecule has 0 saturated heterocycles. The molecule has 1 heterocycles. The normalized spacial score (nSPS) is 10.6. The third kappa shape index (κ3) is 3.00. The topological polar surface area (TPSA) is 43.8 Å². The third-order valence-corrected chi connectivity index (χ3v) is 2.70. The van der Waals surface area contributed by atoms with E-state index in [0.717, 1.165) is 24.4 Å². The van der Waals surface area contributed by atoms with Crippen LogP contribution in [-0.4, -0.2) is 9.55 Å². The zero-order chi connectivity index (χ0) is 11.4. The smallest absolute Gasteiger partial charge is 0.141 e. The van der Waals surface area contributed by atoms with Crippen molar-refractivity contribution in [3.63, 3.8) is 0 Å². The number of nitrogens with two attached hydrogens (primary N) is 1. The first-order chi connectivity index (χ1) is 7.74. The lowest BCUT2D eigenvalue weighted by Gasteiger charge is -2.02. The molecule has 2 rings (SSSR count). The largest absolute Gasteiger partial charge is 0.382 e. The minimum absolute atomic E-state index is 0.575. The van der Waals surface area contributed by atoms with Crippen molar-refractivity contribution in [1.29, 1.82) is 0 Å². The van der Waals surface area contributed by atoms with Crippen molar-refractivity contribution in [2.45, 2.75) is 19.4 Å². The van der Waals surface area contributed by atoms with Crippen LogP contribution < -0.4 is 5.73 Å². The highest BCUT2D eigenvalue weighted by Gasteiger charge is 1.96. The second-order valence-electron chi connectivity index (χ2n) is 3.77. The highest BCUT2D eigenvalue weighted by atomic mass is 35.5. The van der Waals surface area contributed by atoms with Gasteiger partial charge in [0.05, 0.1) is 6.33 Å². The van der Waals surface area contributed by atoms with Crippen LogP contribution in [-0.2, 0) is 13.0 Å². The van der Waals surface area contributed by atoms with Crippen LogP contribution in [0.15, 0.2) is 36.8 Å². The standard InChI is InChI=1S/C12H14ClN3/c13-11-5-3-10(4-6-11)2-1-7-16-8-12(14)15-9-16/h3-6,8-9H,1-2,7,14H2. The number of nitrogens with zero attached hydrogens (tertiary/aromatic N) is 2. The van der Waals surface area contributed by atoms with Crippen LogP contribution in [0.2, 0.25) is 5.02 Å². The fraction of sp³-hybridized carbons (Fsp3) is 0.250. The summed E-state index contributed by atoms with van der Waals surface area (Å²) in [4.78, 5) is 3.98. The number of rotatable bonds is 4. The summed E-state index contributed by atoms with van der Waals surface area (Å²) in [6, 6.07) is 7.97. The first-order valence-corrected chi connectivity index (χ1v) is 5.63. The van der Waals surface area contributed by atoms with Gasteiger partial charge in [0.1, 0.15) is 5.82 Å². The summed E-state index contributed by atoms with van der Waals surface area (Å²) >= 11 is 5.82. The maximum Gasteiger partial charge on any atom is 0.141 e. The van der Waals surface area contributed by atoms with E-state index in [1.54, 1.807) is 6.33 Å². The summed E-state index contributed by atoms with van der Waals surface area (Å²) in [5, 5.41) is 0.783. The molecule has 0 saturated carbocycles. The molecular weight excluding hydrogens is 222 g/mol. The number of aromatic nitrogens is 2. The van der Waals surface area contributed by atoms with Gasteiger partial charge in [0.2, 0.25) is 0 Å². The number of imidazole rings is 1. The fourth-order valence-electron chi connectivity index (χ4n) is 1.62. The predicted octanol–water partition coefficient (Wildman–Crippen LogP) is 2.75. The number of nitrogen functional groups attached to an aromatic ring is 1. The molecule has 0 unspecified atom stereocenters. The highest BCUT2D eigenvalue weighted by Crippen LogP contribution is 2.11. The Balaban J connectivity index is 1.82. The molecule has 84 valence electrons. The molecule has 2 aromatic rings. The first-order valence-electron chi connectivity index (χ1n) is 5.26. The molecule has 2 N–H and O–H groups in total. The number of anilines is 1. The van der Waals surface area contributed by atoms with E-state index < -0.39 is 0 Å². The van der Waals surface area contributed by atoms with Gasteiger partial charge >= 0.3 is 0 Å². The molecule has 0 amide bonds. The van der Waals surface area contributed by atoms with Crippen LogP contribution in [0.3, 0.4) is 0 Å². The van der Waals surface area contributed by atoms with Crippen molar-refractivity contribution in [2.24, 2.45) is 0 Å². The van der Waals surface area contributed by atoms with Crippen LogP contribution in [0.1, 0.15) is 12.0 Å². The van der Waals surface area contributed by atoms with Gasteiger partial charge in [0.25, 0.3) is 0 Å². The van der Waals surface area contributed by atoms with Gasteiger partial charge in [0.15, 0.2) is 0 Å². The summed E-state index contributed by atoms with van der Waals surface area (Å²) in [5.74, 6) is 0.575. The molecule has 0 aliphatic rings. The zero-order valence-corrected chi connectivity index (χ0v) is 9.69. The second-order valence-corrected chi connectivity index (χ2v) is 4.20. The van der Waals surface area contributed by atoms with E-state index in [1.807, 2.05) is 22.9 Å². The zero-order valence-electron chi connectivity index (χ0n) is 8.94. The number of halogens is 1. The van der Waals surface area contributed by atoms with Crippen molar-refractivity contribution in [3.05, 3.63) is 47.4 Å². The molecule has 16 heavy (non-hydrogen) atoms. The van der Waals surface area contributed by atoms with E-state index >= 15 is 0 Å². The second kappa shape index (κ2) is 5.03. The Morgan fingerprint density at radius 3 is 2.62 bits per heavy atom. The predicted molar refractivity (Wildman–Crippen MR) is 66.4 cm³/mol. The lowest BCUT2D eigenvalue weighted by molar-refractivity contribution is 0.642. The Bertz CT molecular complexity index is 448. The minimum atomic E-state index is 0.575. The summed E-state index contributed by atoms with van der Waals surface area (Å²) in [5.41, 5.74) is 6.83. The molecule has 4 heteroatoms. The average molecular weight is 236 g/mol. The van der Waals surface area contributed by atoms with Crippen molar-refractivity contribution in [3.8, 4) is 0 Å². The first kappa shape index (κ1) is 11.0. The van der Waals surface area contributed by atoms with E-state index in [4.69, 9.17) is 17.3 Å². The van der Waals surface area contributed by atoms with Crippen molar-refractivity contribution in [2.75, 3.05) is 5.73 Å². The van der Waals surface area contributed by atoms with Gasteiger partial charge < -0.3 is 10.3 Å². The Hall–Kier alpha value is -1.48. The van der Waals surface area contributed by atoms with E-state index in [-0.39, 0.29) is 0 Å². The highest BCUT2D eigenvalue weighted by molar-refractivity contribution is 6.30. The number of benzene rings is 1. The van der Waals surface area contributed by atoms with E-state index in [2.05, 4.69) is 17.1 Å². The van der Waals surface area contributed by atoms with Crippen molar-refractivity contribution >= 4 is 17.4 Å². The molecule has 0 aliphatic carbocycles. The molecular formula is C12H14ClN3. The van der Waals surface area contributed by atoms with Crippen molar-refractivity contribution in [1.82, 2.24) is 9.55 Å². The Morgan fingerprint density at radius 1 is 1.25 bits per heavy atom. The maximum absolute atomic E-state index is 5.82. The Kier molecular flexibility index (Phi) is 3.47. The molecule has 0 atom stereocenters. The number of hydrogen-bond donors (Lipinski definition) is 1. The average Bonchev–Trinajstić information content (AvgIpc) is 2.67. The summed E-state index contributed by atoms with van der Waals surface area (Å²) < 4.78 is 2.01. The van der Waals surface area contributed by atoms with Gasteiger partial charge in [-0.2, -0.15) is 0 Å². The molecule has 0 fully saturated rings. The van der Waals surface area contributed by atoms with Gasteiger partial charge in [-0.15, -0.1) is 0 Å². The summed E-state index contributed by atoms with van der Waals surface area (Å²) in [7, 11) is 0. The van der Waals surface area contributed by atoms with Gasteiger partial charge in [-0.25, -0.2) is 4.98 Å². The van der Waals surface area contributed by atoms with Gasteiger partial charge in [-0.05, 0) is 30.5 Å². The molecule has 0 aliphatic heterocycles. The van der Waals surface area contributed by atoms with Crippen LogP contribution in [0, 0.1) is 0 Å². The fourth-order valence-corrected chi connectivity index (χ4v) is 1.74. The van der Waals surface area contributed by atoms with E-state index in [1.165, 1.54) is 5.56 Å². The number of hydrogen-bond acceptors (Lipinski definition) is 2. The van der Waals surface area contributed by atoms with E-state index in [9.17, 15) is 0 Å². The molecule has 3 nitrogen and oxygen atoms in total. The van der Waals surface area contributed by atoms with Gasteiger partial charge in [-0.1, -0.05) is 23.7 Å². The van der Waals surface area contributed by atoms with Gasteiger partial charge in [0, 0.05) is 17.8 Å². The molecule has 1 aromatic heterocycles. The number of aryl methyl sites for hydroxylation is 2. The lowest BCUT2D eigenvalue weighted by atomic mass is 10.1. The maximum atomic E-state index is 5.82. The minimum Gasteiger partial charge on any atom is -0.382 e. The summed E-state index contributed by atoms with van der Waals surface area (Å²) in [6.07, 6.45) is 5.71. The Morgan fingerprint density at radius 2 is 2.00 bits per heavy atom. The molecule has 0 spiro atoms. The van der Waals surface area contributed by atoms with Crippen LogP contribution in [0.4, 0.5) is 5.82 Å². The molecule has 0 radical (unpaired) electrons. The van der Waals surface area contributed by atoms with E-state index in [0.29, 0.717) is 5.82 Å². The van der Waals surface area contributed by atoms with Gasteiger partial charge in [-0.3, -0.25) is 0 Å². The SMILES string of the molecule is Nc1cn(CCCc2ccc(Cl)cc2)cn1. The Labute approximate surface area is 99.9 Å². The van der Waals surface area contributed by atoms with Crippen LogP contribution >= 0.6 is 11.6 Å². The van der Waals surface area contributed by atoms with Crippen LogP contribution in [0.25, 0.3) is 0 Å². The monoisotopic (exact) mass is 235 g/mol. The molecule has 0 bridgehead atoms. The lowest BCUT2D eigenvalue weighted by Crippen LogP contribution is -1.96. The van der Waals surface area contributed by atoms with Crippen molar-refractivity contribution < 1.29 is 0 Å².